The van der Waals surface area contributed by atoms with E-state index in [2.05, 4.69) is 20.4 Å². The highest BCUT2D eigenvalue weighted by atomic mass is 16.1. The third-order valence-electron chi connectivity index (χ3n) is 3.75. The Kier molecular flexibility index (Phi) is 1.48. The van der Waals surface area contributed by atoms with E-state index in [1.54, 1.807) is 0 Å². The molecule has 1 unspecified atom stereocenters. The van der Waals surface area contributed by atoms with E-state index >= 15 is 0 Å². The standard InChI is InChI=1S/C11H16O/c1-7-4-9-8(2)10(12)6-11(9,3)5-7/h8-9H,1,4-6H2,2-3H3/t8?,9-,11+/m1/s1. The van der Waals surface area contributed by atoms with Gasteiger partial charge in [-0.3, -0.25) is 4.79 Å². The van der Waals surface area contributed by atoms with Gasteiger partial charge in [-0.2, -0.15) is 0 Å². The van der Waals surface area contributed by atoms with E-state index in [0.717, 1.165) is 19.3 Å². The van der Waals surface area contributed by atoms with E-state index in [0.29, 0.717) is 11.7 Å². The zero-order valence-electron chi connectivity index (χ0n) is 7.89. The average molecular weight is 164 g/mol. The average Bonchev–Trinajstić information content (AvgIpc) is 2.31. The number of allylic oxidation sites excluding steroid dienone is 1. The van der Waals surface area contributed by atoms with Crippen LogP contribution in [0.3, 0.4) is 0 Å². The number of hydrogen-bond acceptors (Lipinski definition) is 1. The van der Waals surface area contributed by atoms with Gasteiger partial charge in [0.25, 0.3) is 0 Å². The first-order valence-corrected chi connectivity index (χ1v) is 4.72. The van der Waals surface area contributed by atoms with Crippen LogP contribution in [0.25, 0.3) is 0 Å². The van der Waals surface area contributed by atoms with Crippen molar-refractivity contribution >= 4 is 5.78 Å². The Morgan fingerprint density at radius 3 is 2.75 bits per heavy atom. The molecule has 0 bridgehead atoms. The molecule has 0 N–H and O–H groups in total. The molecule has 0 aromatic heterocycles. The molecular weight excluding hydrogens is 148 g/mol. The van der Waals surface area contributed by atoms with Crippen LogP contribution in [0.4, 0.5) is 0 Å². The summed E-state index contributed by atoms with van der Waals surface area (Å²) in [6.45, 7) is 8.36. The summed E-state index contributed by atoms with van der Waals surface area (Å²) in [5.41, 5.74) is 1.62. The van der Waals surface area contributed by atoms with Gasteiger partial charge in [-0.15, -0.1) is 0 Å². The molecule has 0 radical (unpaired) electrons. The van der Waals surface area contributed by atoms with Gasteiger partial charge in [0.15, 0.2) is 0 Å². The Morgan fingerprint density at radius 2 is 2.17 bits per heavy atom. The van der Waals surface area contributed by atoms with Crippen molar-refractivity contribution in [3.63, 3.8) is 0 Å². The first-order valence-electron chi connectivity index (χ1n) is 4.72. The molecule has 0 aromatic carbocycles. The molecule has 0 aliphatic heterocycles. The van der Waals surface area contributed by atoms with E-state index in [-0.39, 0.29) is 11.3 Å². The Labute approximate surface area is 73.8 Å². The number of rotatable bonds is 0. The Bertz CT molecular complexity index is 254. The van der Waals surface area contributed by atoms with Gasteiger partial charge in [0.2, 0.25) is 0 Å². The molecule has 0 saturated heterocycles. The second-order valence-corrected chi connectivity index (χ2v) is 4.82. The van der Waals surface area contributed by atoms with Crippen LogP contribution in [0, 0.1) is 17.3 Å². The molecule has 2 saturated carbocycles. The zero-order chi connectivity index (χ0) is 8.93. The van der Waals surface area contributed by atoms with Crippen molar-refractivity contribution in [2.24, 2.45) is 17.3 Å². The molecule has 0 amide bonds. The monoisotopic (exact) mass is 164 g/mol. The van der Waals surface area contributed by atoms with E-state index in [1.165, 1.54) is 5.57 Å². The van der Waals surface area contributed by atoms with Crippen molar-refractivity contribution in [2.45, 2.75) is 33.1 Å². The van der Waals surface area contributed by atoms with E-state index in [1.807, 2.05) is 0 Å². The quantitative estimate of drug-likeness (QED) is 0.503. The van der Waals surface area contributed by atoms with E-state index in [9.17, 15) is 4.79 Å². The summed E-state index contributed by atoms with van der Waals surface area (Å²) in [6, 6.07) is 0. The van der Waals surface area contributed by atoms with Crippen LogP contribution >= 0.6 is 0 Å². The maximum atomic E-state index is 11.5. The second kappa shape index (κ2) is 2.21. The van der Waals surface area contributed by atoms with Gasteiger partial charge in [-0.1, -0.05) is 26.0 Å². The molecule has 1 heteroatoms. The molecule has 1 nitrogen and oxygen atoms in total. The first kappa shape index (κ1) is 8.03. The van der Waals surface area contributed by atoms with E-state index in [4.69, 9.17) is 0 Å². The molecule has 3 atom stereocenters. The third-order valence-corrected chi connectivity index (χ3v) is 3.75. The summed E-state index contributed by atoms with van der Waals surface area (Å²) < 4.78 is 0. The van der Waals surface area contributed by atoms with Gasteiger partial charge in [0.1, 0.15) is 5.78 Å². The third kappa shape index (κ3) is 0.886. The number of carbonyl (C=O) groups is 1. The summed E-state index contributed by atoms with van der Waals surface area (Å²) in [5.74, 6) is 1.35. The van der Waals surface area contributed by atoms with Crippen molar-refractivity contribution in [3.8, 4) is 0 Å². The number of ketones is 1. The van der Waals surface area contributed by atoms with Crippen molar-refractivity contribution in [1.82, 2.24) is 0 Å². The fourth-order valence-electron chi connectivity index (χ4n) is 3.09. The number of fused-ring (bicyclic) bond motifs is 1. The molecule has 2 aliphatic rings. The number of carbonyl (C=O) groups excluding carboxylic acids is 1. The number of Topliss-reactive ketones (excluding diaryl/α,β-unsaturated/α-hetero) is 1. The molecular formula is C11H16O. The van der Waals surface area contributed by atoms with Crippen LogP contribution in [0.5, 0.6) is 0 Å². The highest BCUT2D eigenvalue weighted by Gasteiger charge is 2.51. The van der Waals surface area contributed by atoms with Crippen molar-refractivity contribution < 1.29 is 4.79 Å². The van der Waals surface area contributed by atoms with Crippen LogP contribution in [0.2, 0.25) is 0 Å². The van der Waals surface area contributed by atoms with Crippen molar-refractivity contribution in [3.05, 3.63) is 12.2 Å². The topological polar surface area (TPSA) is 17.1 Å². The van der Waals surface area contributed by atoms with Crippen molar-refractivity contribution in [1.29, 1.82) is 0 Å². The maximum absolute atomic E-state index is 11.5. The molecule has 0 aromatic rings. The Balaban J connectivity index is 2.31. The molecule has 2 rings (SSSR count). The Morgan fingerprint density at radius 1 is 1.50 bits per heavy atom. The summed E-state index contributed by atoms with van der Waals surface area (Å²) in [7, 11) is 0. The summed E-state index contributed by atoms with van der Waals surface area (Å²) in [4.78, 5) is 11.5. The molecule has 2 fully saturated rings. The van der Waals surface area contributed by atoms with Gasteiger partial charge in [0.05, 0.1) is 0 Å². The lowest BCUT2D eigenvalue weighted by molar-refractivity contribution is -0.121. The highest BCUT2D eigenvalue weighted by molar-refractivity contribution is 5.84. The van der Waals surface area contributed by atoms with Gasteiger partial charge >= 0.3 is 0 Å². The fraction of sp³-hybridized carbons (Fsp3) is 0.727. The second-order valence-electron chi connectivity index (χ2n) is 4.82. The van der Waals surface area contributed by atoms with Gasteiger partial charge in [-0.25, -0.2) is 0 Å². The molecule has 66 valence electrons. The van der Waals surface area contributed by atoms with Crippen molar-refractivity contribution in [2.75, 3.05) is 0 Å². The SMILES string of the molecule is C=C1C[C@@H]2C(C)C(=O)C[C@]2(C)C1. The predicted octanol–water partition coefficient (Wildman–Crippen LogP) is 2.57. The van der Waals surface area contributed by atoms with Gasteiger partial charge in [0, 0.05) is 12.3 Å². The van der Waals surface area contributed by atoms with Crippen LogP contribution in [-0.4, -0.2) is 5.78 Å². The highest BCUT2D eigenvalue weighted by Crippen LogP contribution is 2.56. The minimum Gasteiger partial charge on any atom is -0.299 e. The minimum absolute atomic E-state index is 0.271. The molecule has 2 aliphatic carbocycles. The van der Waals surface area contributed by atoms with Crippen LogP contribution in [0.1, 0.15) is 33.1 Å². The lowest BCUT2D eigenvalue weighted by atomic mass is 9.80. The molecule has 0 heterocycles. The summed E-state index contributed by atoms with van der Waals surface area (Å²) in [6.07, 6.45) is 2.95. The lowest BCUT2D eigenvalue weighted by Gasteiger charge is -2.23. The Hall–Kier alpha value is -0.590. The molecule has 12 heavy (non-hydrogen) atoms. The maximum Gasteiger partial charge on any atom is 0.136 e. The van der Waals surface area contributed by atoms with Gasteiger partial charge < -0.3 is 0 Å². The summed E-state index contributed by atoms with van der Waals surface area (Å²) in [5, 5.41) is 0. The van der Waals surface area contributed by atoms with Crippen LogP contribution < -0.4 is 0 Å². The van der Waals surface area contributed by atoms with Gasteiger partial charge in [-0.05, 0) is 24.2 Å². The fourth-order valence-corrected chi connectivity index (χ4v) is 3.09. The normalized spacial score (nSPS) is 46.8. The van der Waals surface area contributed by atoms with Crippen LogP contribution in [-0.2, 0) is 4.79 Å². The largest absolute Gasteiger partial charge is 0.299 e. The van der Waals surface area contributed by atoms with Crippen LogP contribution in [0.15, 0.2) is 12.2 Å². The summed E-state index contributed by atoms with van der Waals surface area (Å²) >= 11 is 0. The first-order chi connectivity index (χ1) is 5.53. The minimum atomic E-state index is 0.271. The smallest absolute Gasteiger partial charge is 0.136 e. The lowest BCUT2D eigenvalue weighted by Crippen LogP contribution is -2.17. The number of hydrogen-bond donors (Lipinski definition) is 0. The molecule has 0 spiro atoms. The zero-order valence-corrected chi connectivity index (χ0v) is 7.89. The predicted molar refractivity (Wildman–Crippen MR) is 48.8 cm³/mol. The van der Waals surface area contributed by atoms with E-state index < -0.39 is 0 Å².